The smallest absolute Gasteiger partial charge is 0.147 e. The van der Waals surface area contributed by atoms with E-state index in [1.54, 1.807) is 6.20 Å². The van der Waals surface area contributed by atoms with E-state index in [-0.39, 0.29) is 6.10 Å². The lowest BCUT2D eigenvalue weighted by Crippen LogP contribution is -2.39. The molecule has 4 nitrogen and oxygen atoms in total. The summed E-state index contributed by atoms with van der Waals surface area (Å²) in [5.41, 5.74) is 0.828. The van der Waals surface area contributed by atoms with Gasteiger partial charge in [-0.1, -0.05) is 6.07 Å². The molecule has 1 aliphatic rings. The maximum Gasteiger partial charge on any atom is 0.147 e. The van der Waals surface area contributed by atoms with Crippen molar-refractivity contribution in [1.82, 2.24) is 10.3 Å². The van der Waals surface area contributed by atoms with Crippen molar-refractivity contribution in [3.8, 4) is 0 Å². The van der Waals surface area contributed by atoms with Gasteiger partial charge in [-0.3, -0.25) is 9.98 Å². The molecular formula is C9H11N3O. The van der Waals surface area contributed by atoms with Crippen molar-refractivity contribution in [2.24, 2.45) is 4.99 Å². The summed E-state index contributed by atoms with van der Waals surface area (Å²) >= 11 is 0. The molecule has 0 aliphatic carbocycles. The second-order valence-electron chi connectivity index (χ2n) is 2.94. The summed E-state index contributed by atoms with van der Waals surface area (Å²) in [5, 5.41) is 12.2. The van der Waals surface area contributed by atoms with Gasteiger partial charge >= 0.3 is 0 Å². The Hall–Kier alpha value is -1.42. The van der Waals surface area contributed by atoms with Gasteiger partial charge in [-0.05, 0) is 12.1 Å². The zero-order valence-electron chi connectivity index (χ0n) is 7.14. The minimum Gasteiger partial charge on any atom is -0.389 e. The Morgan fingerprint density at radius 3 is 3.00 bits per heavy atom. The first-order chi connectivity index (χ1) is 6.36. The van der Waals surface area contributed by atoms with Gasteiger partial charge in [0.2, 0.25) is 0 Å². The van der Waals surface area contributed by atoms with Crippen LogP contribution in [0.25, 0.3) is 0 Å². The summed E-state index contributed by atoms with van der Waals surface area (Å²) < 4.78 is 0. The lowest BCUT2D eigenvalue weighted by molar-refractivity contribution is 0.181. The Bertz CT molecular complexity index is 310. The molecule has 1 aromatic heterocycles. The maximum atomic E-state index is 9.18. The van der Waals surface area contributed by atoms with Crippen LogP contribution in [0.1, 0.15) is 5.69 Å². The summed E-state index contributed by atoms with van der Waals surface area (Å²) in [6.45, 7) is 1.01. The third-order valence-corrected chi connectivity index (χ3v) is 1.87. The van der Waals surface area contributed by atoms with Crippen LogP contribution >= 0.6 is 0 Å². The van der Waals surface area contributed by atoms with E-state index in [4.69, 9.17) is 0 Å². The van der Waals surface area contributed by atoms with Crippen molar-refractivity contribution in [2.75, 3.05) is 13.1 Å². The molecule has 0 saturated carbocycles. The molecule has 1 aliphatic heterocycles. The molecule has 0 fully saturated rings. The lowest BCUT2D eigenvalue weighted by atomic mass is 10.2. The summed E-state index contributed by atoms with van der Waals surface area (Å²) in [6.07, 6.45) is 1.36. The zero-order valence-corrected chi connectivity index (χ0v) is 7.14. The van der Waals surface area contributed by atoms with Crippen LogP contribution in [0.2, 0.25) is 0 Å². The van der Waals surface area contributed by atoms with Crippen molar-refractivity contribution in [2.45, 2.75) is 6.10 Å². The number of nitrogens with zero attached hydrogens (tertiary/aromatic N) is 2. The van der Waals surface area contributed by atoms with Crippen molar-refractivity contribution in [3.05, 3.63) is 30.1 Å². The van der Waals surface area contributed by atoms with Gasteiger partial charge in [-0.2, -0.15) is 0 Å². The van der Waals surface area contributed by atoms with Crippen LogP contribution in [0.3, 0.4) is 0 Å². The summed E-state index contributed by atoms with van der Waals surface area (Å²) in [4.78, 5) is 8.33. The Labute approximate surface area is 76.3 Å². The molecule has 1 aromatic rings. The van der Waals surface area contributed by atoms with Gasteiger partial charge < -0.3 is 10.4 Å². The highest BCUT2D eigenvalue weighted by Crippen LogP contribution is 1.99. The molecule has 0 bridgehead atoms. The van der Waals surface area contributed by atoms with E-state index < -0.39 is 0 Å². The number of nitrogens with one attached hydrogen (secondary N) is 1. The summed E-state index contributed by atoms with van der Waals surface area (Å²) in [5.74, 6) is 0.769. The number of aromatic nitrogens is 1. The molecule has 4 heteroatoms. The number of hydrogen-bond donors (Lipinski definition) is 2. The minimum absolute atomic E-state index is 0.368. The highest BCUT2D eigenvalue weighted by molar-refractivity contribution is 5.97. The first kappa shape index (κ1) is 8.19. The molecule has 1 unspecified atom stereocenters. The van der Waals surface area contributed by atoms with Crippen LogP contribution in [0.4, 0.5) is 0 Å². The number of β-amino-alcohol motifs (C(OH)–C–C–N with tert-alkyl or cyclic N) is 1. The number of aliphatic imine (C=N–C) groups is 1. The van der Waals surface area contributed by atoms with E-state index in [0.717, 1.165) is 11.5 Å². The maximum absolute atomic E-state index is 9.18. The van der Waals surface area contributed by atoms with Crippen molar-refractivity contribution >= 4 is 5.84 Å². The van der Waals surface area contributed by atoms with Crippen LogP contribution < -0.4 is 5.32 Å². The molecule has 13 heavy (non-hydrogen) atoms. The fourth-order valence-electron chi connectivity index (χ4n) is 1.21. The number of rotatable bonds is 1. The van der Waals surface area contributed by atoms with Crippen molar-refractivity contribution < 1.29 is 5.11 Å². The van der Waals surface area contributed by atoms with Gasteiger partial charge in [0.25, 0.3) is 0 Å². The molecular weight excluding hydrogens is 166 g/mol. The number of pyridine rings is 1. The van der Waals surface area contributed by atoms with Gasteiger partial charge in [0.1, 0.15) is 11.5 Å². The standard InChI is InChI=1S/C9H11N3O/c13-7-5-11-9(12-6-7)8-3-1-2-4-10-8/h1-4,7,13H,5-6H2,(H,11,12). The molecule has 1 atom stereocenters. The van der Waals surface area contributed by atoms with Gasteiger partial charge in [0.05, 0.1) is 12.6 Å². The van der Waals surface area contributed by atoms with Crippen molar-refractivity contribution in [1.29, 1.82) is 0 Å². The SMILES string of the molecule is OC1CN=C(c2ccccn2)NC1. The Kier molecular flexibility index (Phi) is 2.23. The van der Waals surface area contributed by atoms with E-state index in [0.29, 0.717) is 13.1 Å². The molecule has 68 valence electrons. The Morgan fingerprint density at radius 1 is 1.46 bits per heavy atom. The van der Waals surface area contributed by atoms with Crippen LogP contribution in [0, 0.1) is 0 Å². The molecule has 0 spiro atoms. The van der Waals surface area contributed by atoms with Gasteiger partial charge in [-0.15, -0.1) is 0 Å². The molecule has 0 aromatic carbocycles. The summed E-state index contributed by atoms with van der Waals surface area (Å²) in [7, 11) is 0. The second-order valence-corrected chi connectivity index (χ2v) is 2.94. The normalized spacial score (nSPS) is 21.9. The number of amidine groups is 1. The van der Waals surface area contributed by atoms with Gasteiger partial charge in [-0.25, -0.2) is 0 Å². The first-order valence-electron chi connectivity index (χ1n) is 4.24. The lowest BCUT2D eigenvalue weighted by Gasteiger charge is -2.18. The first-order valence-corrected chi connectivity index (χ1v) is 4.24. The largest absolute Gasteiger partial charge is 0.389 e. The number of aliphatic hydroxyl groups excluding tert-OH is 1. The van der Waals surface area contributed by atoms with Gasteiger partial charge in [0, 0.05) is 12.7 Å². The van der Waals surface area contributed by atoms with E-state index in [1.807, 2.05) is 18.2 Å². The second kappa shape index (κ2) is 3.53. The molecule has 0 amide bonds. The summed E-state index contributed by atoms with van der Waals surface area (Å²) in [6, 6.07) is 5.67. The Balaban J connectivity index is 2.19. The monoisotopic (exact) mass is 177 g/mol. The Morgan fingerprint density at radius 2 is 2.38 bits per heavy atom. The van der Waals surface area contributed by atoms with Crippen LogP contribution in [-0.2, 0) is 0 Å². The van der Waals surface area contributed by atoms with E-state index >= 15 is 0 Å². The average Bonchev–Trinajstić information content (AvgIpc) is 2.20. The molecule has 0 radical (unpaired) electrons. The predicted molar refractivity (Wildman–Crippen MR) is 49.7 cm³/mol. The highest BCUT2D eigenvalue weighted by atomic mass is 16.3. The van der Waals surface area contributed by atoms with E-state index in [1.165, 1.54) is 0 Å². The van der Waals surface area contributed by atoms with E-state index in [9.17, 15) is 5.11 Å². The third-order valence-electron chi connectivity index (χ3n) is 1.87. The highest BCUT2D eigenvalue weighted by Gasteiger charge is 2.13. The van der Waals surface area contributed by atoms with Crippen LogP contribution in [0.15, 0.2) is 29.4 Å². The third kappa shape index (κ3) is 1.84. The minimum atomic E-state index is -0.368. The van der Waals surface area contributed by atoms with Gasteiger partial charge in [0.15, 0.2) is 0 Å². The van der Waals surface area contributed by atoms with E-state index in [2.05, 4.69) is 15.3 Å². The quantitative estimate of drug-likeness (QED) is 0.624. The zero-order chi connectivity index (χ0) is 9.10. The van der Waals surface area contributed by atoms with Crippen LogP contribution in [0.5, 0.6) is 0 Å². The molecule has 2 heterocycles. The molecule has 2 rings (SSSR count). The topological polar surface area (TPSA) is 57.5 Å². The predicted octanol–water partition coefficient (Wildman–Crippen LogP) is -0.208. The fourth-order valence-corrected chi connectivity index (χ4v) is 1.21. The average molecular weight is 177 g/mol. The molecule has 0 saturated heterocycles. The van der Waals surface area contributed by atoms with Crippen LogP contribution in [-0.4, -0.2) is 35.1 Å². The number of hydrogen-bond acceptors (Lipinski definition) is 4. The number of aliphatic hydroxyl groups is 1. The van der Waals surface area contributed by atoms with Crippen molar-refractivity contribution in [3.63, 3.8) is 0 Å². The molecule has 2 N–H and O–H groups in total. The fraction of sp³-hybridized carbons (Fsp3) is 0.333.